The van der Waals surface area contributed by atoms with Gasteiger partial charge >= 0.3 is 0 Å². The number of hydrogen-bond acceptors (Lipinski definition) is 3. The smallest absolute Gasteiger partial charge is 0.0793 e. The highest BCUT2D eigenvalue weighted by molar-refractivity contribution is 9.10. The number of halogens is 2. The number of aromatic nitrogens is 1. The van der Waals surface area contributed by atoms with Crippen molar-refractivity contribution in [2.24, 2.45) is 0 Å². The lowest BCUT2D eigenvalue weighted by Crippen LogP contribution is -2.45. The summed E-state index contributed by atoms with van der Waals surface area (Å²) in [6.45, 7) is 6.38. The highest BCUT2D eigenvalue weighted by Crippen LogP contribution is 2.40. The summed E-state index contributed by atoms with van der Waals surface area (Å²) in [5, 5.41) is 3.47. The van der Waals surface area contributed by atoms with Gasteiger partial charge in [0.1, 0.15) is 0 Å². The lowest BCUT2D eigenvalue weighted by Gasteiger charge is -2.36. The van der Waals surface area contributed by atoms with Gasteiger partial charge in [-0.15, -0.1) is 0 Å². The van der Waals surface area contributed by atoms with Gasteiger partial charge in [-0.25, -0.2) is 0 Å². The largest absolute Gasteiger partial charge is 0.314 e. The fourth-order valence-corrected chi connectivity index (χ4v) is 5.19. The fraction of sp³-hybridized carbons (Fsp3) is 0.421. The molecule has 0 unspecified atom stereocenters. The van der Waals surface area contributed by atoms with Crippen LogP contribution >= 0.6 is 31.9 Å². The molecule has 1 aromatic heterocycles. The zero-order valence-corrected chi connectivity index (χ0v) is 17.0. The van der Waals surface area contributed by atoms with Gasteiger partial charge in [-0.1, -0.05) is 22.0 Å². The number of piperazine rings is 1. The Kier molecular flexibility index (Phi) is 4.78. The second kappa shape index (κ2) is 6.87. The molecule has 1 N–H and O–H groups in total. The molecule has 5 heteroatoms. The molecule has 0 bridgehead atoms. The first-order valence-electron chi connectivity index (χ1n) is 8.51. The number of benzene rings is 1. The van der Waals surface area contributed by atoms with Gasteiger partial charge in [-0.05, 0) is 70.1 Å². The normalized spacial score (nSPS) is 21.0. The average molecular weight is 451 g/mol. The lowest BCUT2D eigenvalue weighted by atomic mass is 9.94. The number of nitrogens with zero attached hydrogens (tertiary/aromatic N) is 2. The summed E-state index contributed by atoms with van der Waals surface area (Å²) in [6, 6.07) is 7.10. The molecule has 126 valence electrons. The van der Waals surface area contributed by atoms with E-state index in [0.29, 0.717) is 0 Å². The first kappa shape index (κ1) is 16.7. The third-order valence-corrected chi connectivity index (χ3v) is 6.13. The van der Waals surface area contributed by atoms with Gasteiger partial charge in [-0.3, -0.25) is 9.88 Å². The number of rotatable bonds is 1. The minimum Gasteiger partial charge on any atom is -0.314 e. The number of hydrogen-bond donors (Lipinski definition) is 1. The molecule has 1 atom stereocenters. The Morgan fingerprint density at radius 2 is 1.83 bits per heavy atom. The summed E-state index contributed by atoms with van der Waals surface area (Å²) in [5.74, 6) is 0. The Balaban J connectivity index is 1.91. The van der Waals surface area contributed by atoms with Crippen LogP contribution in [0.2, 0.25) is 0 Å². The van der Waals surface area contributed by atoms with Gasteiger partial charge in [0.15, 0.2) is 0 Å². The summed E-state index contributed by atoms with van der Waals surface area (Å²) in [5.41, 5.74) is 6.78. The van der Waals surface area contributed by atoms with Crippen LogP contribution in [0.25, 0.3) is 0 Å². The highest BCUT2D eigenvalue weighted by Gasteiger charge is 2.32. The molecule has 24 heavy (non-hydrogen) atoms. The van der Waals surface area contributed by atoms with Crippen LogP contribution in [0.1, 0.15) is 34.0 Å². The van der Waals surface area contributed by atoms with E-state index in [9.17, 15) is 0 Å². The van der Waals surface area contributed by atoms with Gasteiger partial charge in [0.05, 0.1) is 11.7 Å². The number of pyridine rings is 1. The van der Waals surface area contributed by atoms with E-state index < -0.39 is 0 Å². The van der Waals surface area contributed by atoms with Gasteiger partial charge in [-0.2, -0.15) is 0 Å². The van der Waals surface area contributed by atoms with Crippen LogP contribution in [0.15, 0.2) is 33.3 Å². The molecule has 2 aromatic rings. The van der Waals surface area contributed by atoms with E-state index in [1.807, 2.05) is 6.20 Å². The van der Waals surface area contributed by atoms with E-state index in [1.54, 1.807) is 0 Å². The standard InChI is InChI=1S/C19H21Br2N3/c1-12-8-13-2-3-14-10-15(20)11-23-18(14)19(17(13)16(21)9-12)24-6-4-22-5-7-24/h8-11,19,22H,2-7H2,1H3/t19-/m1/s1. The Hall–Kier alpha value is -0.750. The van der Waals surface area contributed by atoms with Crippen LogP contribution in [0, 0.1) is 6.92 Å². The van der Waals surface area contributed by atoms with Crippen LogP contribution in [-0.4, -0.2) is 36.1 Å². The predicted octanol–water partition coefficient (Wildman–Crippen LogP) is 4.01. The Labute approximate surface area is 160 Å². The Morgan fingerprint density at radius 3 is 2.62 bits per heavy atom. The van der Waals surface area contributed by atoms with Gasteiger partial charge in [0.25, 0.3) is 0 Å². The molecule has 2 heterocycles. The second-order valence-electron chi connectivity index (χ2n) is 6.71. The van der Waals surface area contributed by atoms with Crippen molar-refractivity contribution in [2.75, 3.05) is 26.2 Å². The summed E-state index contributed by atoms with van der Waals surface area (Å²) >= 11 is 7.46. The third kappa shape index (κ3) is 3.07. The van der Waals surface area contributed by atoms with Gasteiger partial charge < -0.3 is 5.32 Å². The average Bonchev–Trinajstić information content (AvgIpc) is 2.72. The maximum atomic E-state index is 4.87. The molecule has 1 aromatic carbocycles. The Bertz CT molecular complexity index is 769. The monoisotopic (exact) mass is 449 g/mol. The Morgan fingerprint density at radius 1 is 1.08 bits per heavy atom. The van der Waals surface area contributed by atoms with Gasteiger partial charge in [0, 0.05) is 41.3 Å². The number of nitrogens with one attached hydrogen (secondary N) is 1. The van der Waals surface area contributed by atoms with E-state index in [-0.39, 0.29) is 6.04 Å². The summed E-state index contributed by atoms with van der Waals surface area (Å²) < 4.78 is 2.29. The highest BCUT2D eigenvalue weighted by atomic mass is 79.9. The predicted molar refractivity (Wildman–Crippen MR) is 105 cm³/mol. The molecule has 1 aliphatic heterocycles. The van der Waals surface area contributed by atoms with Crippen LogP contribution < -0.4 is 5.32 Å². The third-order valence-electron chi connectivity index (χ3n) is 5.04. The molecule has 0 amide bonds. The van der Waals surface area contributed by atoms with Gasteiger partial charge in [0.2, 0.25) is 0 Å². The van der Waals surface area contributed by atoms with E-state index in [4.69, 9.17) is 4.98 Å². The fourth-order valence-electron chi connectivity index (χ4n) is 3.98. The van der Waals surface area contributed by atoms with Crippen molar-refractivity contribution in [3.05, 3.63) is 61.3 Å². The van der Waals surface area contributed by atoms with E-state index in [2.05, 4.69) is 67.2 Å². The van der Waals surface area contributed by atoms with Crippen LogP contribution in [0.5, 0.6) is 0 Å². The van der Waals surface area contributed by atoms with E-state index in [0.717, 1.165) is 43.5 Å². The summed E-state index contributed by atoms with van der Waals surface area (Å²) in [4.78, 5) is 7.45. The molecule has 1 aliphatic carbocycles. The van der Waals surface area contributed by atoms with Crippen molar-refractivity contribution in [2.45, 2.75) is 25.8 Å². The maximum absolute atomic E-state index is 4.87. The minimum absolute atomic E-state index is 0.239. The molecule has 4 rings (SSSR count). The van der Waals surface area contributed by atoms with Crippen molar-refractivity contribution in [3.8, 4) is 0 Å². The zero-order valence-electron chi connectivity index (χ0n) is 13.8. The zero-order chi connectivity index (χ0) is 16.7. The minimum atomic E-state index is 0.239. The topological polar surface area (TPSA) is 28.2 Å². The van der Waals surface area contributed by atoms with E-state index in [1.165, 1.54) is 32.4 Å². The molecule has 3 nitrogen and oxygen atoms in total. The molecule has 0 spiro atoms. The van der Waals surface area contributed by atoms with E-state index >= 15 is 0 Å². The van der Waals surface area contributed by atoms with Crippen molar-refractivity contribution in [3.63, 3.8) is 0 Å². The molecular weight excluding hydrogens is 430 g/mol. The number of fused-ring (bicyclic) bond motifs is 2. The SMILES string of the molecule is Cc1cc(Br)c2c(c1)CCc1cc(Br)cnc1[C@@H]2N1CCNCC1. The molecule has 0 saturated carbocycles. The number of aryl methyl sites for hydroxylation is 3. The van der Waals surface area contributed by atoms with Crippen molar-refractivity contribution in [1.82, 2.24) is 15.2 Å². The first-order chi connectivity index (χ1) is 11.6. The van der Waals surface area contributed by atoms with Crippen molar-refractivity contribution >= 4 is 31.9 Å². The first-order valence-corrected chi connectivity index (χ1v) is 10.1. The van der Waals surface area contributed by atoms with Crippen molar-refractivity contribution < 1.29 is 0 Å². The van der Waals surface area contributed by atoms with Crippen LogP contribution in [-0.2, 0) is 12.8 Å². The molecule has 1 saturated heterocycles. The molecule has 2 aliphatic rings. The summed E-state index contributed by atoms with van der Waals surface area (Å²) in [6.07, 6.45) is 4.07. The second-order valence-corrected chi connectivity index (χ2v) is 8.48. The molecule has 1 fully saturated rings. The maximum Gasteiger partial charge on any atom is 0.0793 e. The molecular formula is C19H21Br2N3. The quantitative estimate of drug-likeness (QED) is 0.711. The lowest BCUT2D eigenvalue weighted by molar-refractivity contribution is 0.194. The molecule has 0 radical (unpaired) electrons. The van der Waals surface area contributed by atoms with Crippen LogP contribution in [0.4, 0.5) is 0 Å². The van der Waals surface area contributed by atoms with Crippen molar-refractivity contribution in [1.29, 1.82) is 0 Å². The van der Waals surface area contributed by atoms with Crippen LogP contribution in [0.3, 0.4) is 0 Å². The summed E-state index contributed by atoms with van der Waals surface area (Å²) in [7, 11) is 0.